The van der Waals surface area contributed by atoms with Crippen LogP contribution in [0.1, 0.15) is 30.1 Å². The number of rotatable bonds is 3. The molecule has 0 saturated heterocycles. The second-order valence-corrected chi connectivity index (χ2v) is 5.05. The van der Waals surface area contributed by atoms with Gasteiger partial charge in [-0.2, -0.15) is 16.4 Å². The normalized spacial score (nSPS) is 15.7. The van der Waals surface area contributed by atoms with E-state index in [1.807, 2.05) is 0 Å². The summed E-state index contributed by atoms with van der Waals surface area (Å²) in [6.07, 6.45) is 2.51. The van der Waals surface area contributed by atoms with Crippen LogP contribution in [0.15, 0.2) is 16.8 Å². The van der Waals surface area contributed by atoms with Crippen molar-refractivity contribution in [1.29, 1.82) is 0 Å². The Morgan fingerprint density at radius 2 is 2.47 bits per heavy atom. The predicted molar refractivity (Wildman–Crippen MR) is 62.8 cm³/mol. The minimum absolute atomic E-state index is 0.636. The van der Waals surface area contributed by atoms with E-state index in [1.165, 1.54) is 18.4 Å². The SMILES string of the molecule is S=c1[nH]nc(C2CC2)n1Cc1ccsc1. The maximum absolute atomic E-state index is 5.24. The van der Waals surface area contributed by atoms with E-state index in [9.17, 15) is 0 Å². The van der Waals surface area contributed by atoms with Crippen LogP contribution in [0.2, 0.25) is 0 Å². The Bertz CT molecular complexity index is 505. The van der Waals surface area contributed by atoms with Crippen molar-refractivity contribution in [2.45, 2.75) is 25.3 Å². The number of hydrogen-bond acceptors (Lipinski definition) is 3. The smallest absolute Gasteiger partial charge is 0.195 e. The van der Waals surface area contributed by atoms with Gasteiger partial charge in [0, 0.05) is 5.92 Å². The molecule has 2 aromatic heterocycles. The minimum atomic E-state index is 0.636. The molecular formula is C10H11N3S2. The molecule has 1 N–H and O–H groups in total. The maximum atomic E-state index is 5.24. The second-order valence-electron chi connectivity index (χ2n) is 3.88. The first-order chi connectivity index (χ1) is 7.34. The fraction of sp³-hybridized carbons (Fsp3) is 0.400. The summed E-state index contributed by atoms with van der Waals surface area (Å²) < 4.78 is 2.86. The highest BCUT2D eigenvalue weighted by molar-refractivity contribution is 7.71. The van der Waals surface area contributed by atoms with Crippen LogP contribution in [0, 0.1) is 4.77 Å². The zero-order valence-corrected chi connectivity index (χ0v) is 9.77. The molecule has 1 fully saturated rings. The quantitative estimate of drug-likeness (QED) is 0.833. The minimum Gasteiger partial charge on any atom is -0.299 e. The van der Waals surface area contributed by atoms with Crippen molar-refractivity contribution in [3.63, 3.8) is 0 Å². The van der Waals surface area contributed by atoms with Gasteiger partial charge in [-0.1, -0.05) is 0 Å². The fourth-order valence-electron chi connectivity index (χ4n) is 1.70. The Morgan fingerprint density at radius 3 is 3.13 bits per heavy atom. The van der Waals surface area contributed by atoms with Crippen molar-refractivity contribution in [2.24, 2.45) is 0 Å². The van der Waals surface area contributed by atoms with Gasteiger partial charge in [0.25, 0.3) is 0 Å². The van der Waals surface area contributed by atoms with Crippen molar-refractivity contribution in [1.82, 2.24) is 14.8 Å². The highest BCUT2D eigenvalue weighted by Crippen LogP contribution is 2.39. The maximum Gasteiger partial charge on any atom is 0.195 e. The molecule has 0 aromatic carbocycles. The zero-order chi connectivity index (χ0) is 10.3. The summed E-state index contributed by atoms with van der Waals surface area (Å²) in [6.45, 7) is 0.852. The molecule has 0 unspecified atom stereocenters. The standard InChI is InChI=1S/C10H11N3S2/c14-10-12-11-9(8-1-2-8)13(10)5-7-3-4-15-6-7/h3-4,6,8H,1-2,5H2,(H,12,14). The van der Waals surface area contributed by atoms with Crippen LogP contribution in [-0.2, 0) is 6.54 Å². The molecule has 5 heteroatoms. The molecule has 2 heterocycles. The average molecular weight is 237 g/mol. The second kappa shape index (κ2) is 3.57. The van der Waals surface area contributed by atoms with E-state index >= 15 is 0 Å². The molecule has 78 valence electrons. The monoisotopic (exact) mass is 237 g/mol. The van der Waals surface area contributed by atoms with Crippen LogP contribution in [0.4, 0.5) is 0 Å². The molecular weight excluding hydrogens is 226 g/mol. The lowest BCUT2D eigenvalue weighted by Gasteiger charge is -2.03. The molecule has 3 rings (SSSR count). The molecule has 0 bridgehead atoms. The van der Waals surface area contributed by atoms with Gasteiger partial charge < -0.3 is 0 Å². The number of thiophene rings is 1. The molecule has 0 atom stereocenters. The Hall–Kier alpha value is -0.940. The first-order valence-corrected chi connectivity index (χ1v) is 6.36. The van der Waals surface area contributed by atoms with E-state index in [-0.39, 0.29) is 0 Å². The third-order valence-electron chi connectivity index (χ3n) is 2.65. The molecule has 15 heavy (non-hydrogen) atoms. The molecule has 1 saturated carbocycles. The molecule has 1 aliphatic carbocycles. The lowest BCUT2D eigenvalue weighted by molar-refractivity contribution is 0.720. The number of H-pyrrole nitrogens is 1. The zero-order valence-electron chi connectivity index (χ0n) is 8.14. The summed E-state index contributed by atoms with van der Waals surface area (Å²) >= 11 is 6.96. The number of aromatic nitrogens is 3. The van der Waals surface area contributed by atoms with Gasteiger partial charge in [0.1, 0.15) is 5.82 Å². The summed E-state index contributed by atoms with van der Waals surface area (Å²) in [5.41, 5.74) is 1.31. The van der Waals surface area contributed by atoms with Crippen LogP contribution >= 0.6 is 23.6 Å². The highest BCUT2D eigenvalue weighted by atomic mass is 32.1. The summed E-state index contributed by atoms with van der Waals surface area (Å²) in [5, 5.41) is 11.4. The Labute approximate surface area is 96.8 Å². The number of hydrogen-bond donors (Lipinski definition) is 1. The van der Waals surface area contributed by atoms with Gasteiger partial charge in [-0.25, -0.2) is 0 Å². The number of aromatic amines is 1. The first kappa shape index (κ1) is 9.30. The summed E-state index contributed by atoms with van der Waals surface area (Å²) in [6, 6.07) is 2.14. The largest absolute Gasteiger partial charge is 0.299 e. The van der Waals surface area contributed by atoms with E-state index in [1.54, 1.807) is 11.3 Å². The highest BCUT2D eigenvalue weighted by Gasteiger charge is 2.28. The molecule has 0 spiro atoms. The van der Waals surface area contributed by atoms with Gasteiger partial charge in [-0.15, -0.1) is 0 Å². The average Bonchev–Trinajstić information content (AvgIpc) is 2.82. The molecule has 0 amide bonds. The Balaban J connectivity index is 1.96. The van der Waals surface area contributed by atoms with E-state index in [2.05, 4.69) is 31.6 Å². The molecule has 0 radical (unpaired) electrons. The number of nitrogens with one attached hydrogen (secondary N) is 1. The van der Waals surface area contributed by atoms with Crippen LogP contribution < -0.4 is 0 Å². The van der Waals surface area contributed by atoms with Gasteiger partial charge in [-0.3, -0.25) is 9.67 Å². The lowest BCUT2D eigenvalue weighted by atomic mass is 10.3. The van der Waals surface area contributed by atoms with Crippen molar-refractivity contribution in [3.05, 3.63) is 33.0 Å². The third-order valence-corrected chi connectivity index (χ3v) is 3.69. The van der Waals surface area contributed by atoms with E-state index in [4.69, 9.17) is 12.2 Å². The molecule has 2 aromatic rings. The van der Waals surface area contributed by atoms with Crippen molar-refractivity contribution >= 4 is 23.6 Å². The van der Waals surface area contributed by atoms with Crippen LogP contribution in [0.3, 0.4) is 0 Å². The van der Waals surface area contributed by atoms with Gasteiger partial charge >= 0.3 is 0 Å². The van der Waals surface area contributed by atoms with Crippen molar-refractivity contribution in [2.75, 3.05) is 0 Å². The van der Waals surface area contributed by atoms with Gasteiger partial charge in [0.2, 0.25) is 0 Å². The van der Waals surface area contributed by atoms with E-state index in [0.717, 1.165) is 17.1 Å². The predicted octanol–water partition coefficient (Wildman–Crippen LogP) is 2.93. The van der Waals surface area contributed by atoms with Gasteiger partial charge in [0.15, 0.2) is 4.77 Å². The first-order valence-electron chi connectivity index (χ1n) is 5.01. The molecule has 1 aliphatic rings. The van der Waals surface area contributed by atoms with Gasteiger partial charge in [-0.05, 0) is 47.4 Å². The Morgan fingerprint density at radius 1 is 1.60 bits per heavy atom. The third kappa shape index (κ3) is 1.77. The fourth-order valence-corrected chi connectivity index (χ4v) is 2.56. The van der Waals surface area contributed by atoms with Crippen LogP contribution in [0.25, 0.3) is 0 Å². The lowest BCUT2D eigenvalue weighted by Crippen LogP contribution is -2.03. The van der Waals surface area contributed by atoms with Crippen molar-refractivity contribution < 1.29 is 0 Å². The summed E-state index contributed by atoms with van der Waals surface area (Å²) in [4.78, 5) is 0. The summed E-state index contributed by atoms with van der Waals surface area (Å²) in [5.74, 6) is 1.77. The Kier molecular flexibility index (Phi) is 2.21. The summed E-state index contributed by atoms with van der Waals surface area (Å²) in [7, 11) is 0. The van der Waals surface area contributed by atoms with Crippen LogP contribution in [-0.4, -0.2) is 14.8 Å². The molecule has 3 nitrogen and oxygen atoms in total. The van der Waals surface area contributed by atoms with E-state index in [0.29, 0.717) is 5.92 Å². The topological polar surface area (TPSA) is 33.6 Å². The number of nitrogens with zero attached hydrogens (tertiary/aromatic N) is 2. The van der Waals surface area contributed by atoms with Crippen molar-refractivity contribution in [3.8, 4) is 0 Å². The van der Waals surface area contributed by atoms with Crippen LogP contribution in [0.5, 0.6) is 0 Å². The van der Waals surface area contributed by atoms with E-state index < -0.39 is 0 Å². The van der Waals surface area contributed by atoms with Gasteiger partial charge in [0.05, 0.1) is 6.54 Å². The molecule has 0 aliphatic heterocycles.